The predicted molar refractivity (Wildman–Crippen MR) is 67.4 cm³/mol. The summed E-state index contributed by atoms with van der Waals surface area (Å²) in [4.78, 5) is 10.5. The largest absolute Gasteiger partial charge is 0.356 e. The lowest BCUT2D eigenvalue weighted by atomic mass is 10.3. The van der Waals surface area contributed by atoms with Gasteiger partial charge in [-0.05, 0) is 32.4 Å². The second kappa shape index (κ2) is 11.2. The maximum Gasteiger partial charge on any atom is 0.216 e. The van der Waals surface area contributed by atoms with Crippen LogP contribution in [0.4, 0.5) is 0 Å². The van der Waals surface area contributed by atoms with Gasteiger partial charge in [-0.2, -0.15) is 0 Å². The molecule has 1 amide bonds. The standard InChI is InChI=1S/C9H20IN3O/c1-9(14)12-7-4-6-11-5-2-3-8-13-10/h11,13H,2-8H2,1H3,(H,12,14). The summed E-state index contributed by atoms with van der Waals surface area (Å²) in [5, 5.41) is 6.10. The van der Waals surface area contributed by atoms with Crippen molar-refractivity contribution in [3.63, 3.8) is 0 Å². The molecule has 0 heterocycles. The second-order valence-corrected chi connectivity index (χ2v) is 3.94. The molecule has 0 rings (SSSR count). The highest BCUT2D eigenvalue weighted by molar-refractivity contribution is 14.1. The molecule has 0 aromatic heterocycles. The molecule has 0 saturated carbocycles. The molecule has 0 bridgehead atoms. The molecule has 0 atom stereocenters. The van der Waals surface area contributed by atoms with Crippen molar-refractivity contribution in [1.82, 2.24) is 14.2 Å². The second-order valence-electron chi connectivity index (χ2n) is 3.18. The third kappa shape index (κ3) is 12.1. The number of hydrogen-bond donors (Lipinski definition) is 3. The van der Waals surface area contributed by atoms with Crippen LogP contribution in [0, 0.1) is 0 Å². The quantitative estimate of drug-likeness (QED) is 0.336. The molecule has 0 aromatic rings. The first kappa shape index (κ1) is 14.1. The number of nitrogens with one attached hydrogen (secondary N) is 3. The van der Waals surface area contributed by atoms with Gasteiger partial charge >= 0.3 is 0 Å². The fraction of sp³-hybridized carbons (Fsp3) is 0.889. The topological polar surface area (TPSA) is 53.2 Å². The molecule has 14 heavy (non-hydrogen) atoms. The SMILES string of the molecule is CC(=O)NCCCNCCCCNI. The summed E-state index contributed by atoms with van der Waals surface area (Å²) in [7, 11) is 0. The van der Waals surface area contributed by atoms with Crippen LogP contribution in [-0.4, -0.2) is 32.1 Å². The molecule has 0 fully saturated rings. The molecule has 0 aliphatic carbocycles. The smallest absolute Gasteiger partial charge is 0.216 e. The Bertz CT molecular complexity index is 144. The van der Waals surface area contributed by atoms with Gasteiger partial charge in [0, 0.05) is 42.9 Å². The number of amides is 1. The zero-order chi connectivity index (χ0) is 10.6. The third-order valence-electron chi connectivity index (χ3n) is 1.78. The Kier molecular flexibility index (Phi) is 11.3. The van der Waals surface area contributed by atoms with E-state index in [0.717, 1.165) is 32.6 Å². The highest BCUT2D eigenvalue weighted by Crippen LogP contribution is 1.86. The molecule has 0 aromatic carbocycles. The zero-order valence-electron chi connectivity index (χ0n) is 8.74. The highest BCUT2D eigenvalue weighted by Gasteiger charge is 1.91. The number of unbranched alkanes of at least 4 members (excludes halogenated alkanes) is 1. The molecule has 84 valence electrons. The Balaban J connectivity index is 2.88. The number of carbonyl (C=O) groups excluding carboxylic acids is 1. The maximum absolute atomic E-state index is 10.5. The van der Waals surface area contributed by atoms with E-state index in [0.29, 0.717) is 0 Å². The van der Waals surface area contributed by atoms with Gasteiger partial charge in [-0.15, -0.1) is 0 Å². The van der Waals surface area contributed by atoms with E-state index in [-0.39, 0.29) is 5.91 Å². The lowest BCUT2D eigenvalue weighted by Gasteiger charge is -2.04. The first-order valence-electron chi connectivity index (χ1n) is 5.06. The van der Waals surface area contributed by atoms with E-state index in [1.54, 1.807) is 6.92 Å². The molecule has 0 aliphatic rings. The summed E-state index contributed by atoms with van der Waals surface area (Å²) in [6, 6.07) is 0. The molecule has 0 saturated heterocycles. The van der Waals surface area contributed by atoms with Crippen molar-refractivity contribution in [3.05, 3.63) is 0 Å². The van der Waals surface area contributed by atoms with Crippen molar-refractivity contribution in [1.29, 1.82) is 0 Å². The van der Waals surface area contributed by atoms with Gasteiger partial charge in [0.25, 0.3) is 0 Å². The van der Waals surface area contributed by atoms with Gasteiger partial charge in [0.05, 0.1) is 0 Å². The van der Waals surface area contributed by atoms with E-state index >= 15 is 0 Å². The maximum atomic E-state index is 10.5. The zero-order valence-corrected chi connectivity index (χ0v) is 10.9. The van der Waals surface area contributed by atoms with Gasteiger partial charge in [0.2, 0.25) is 5.91 Å². The average Bonchev–Trinajstić information content (AvgIpc) is 2.15. The minimum Gasteiger partial charge on any atom is -0.356 e. The lowest BCUT2D eigenvalue weighted by molar-refractivity contribution is -0.118. The van der Waals surface area contributed by atoms with Crippen molar-refractivity contribution in [2.75, 3.05) is 26.2 Å². The average molecular weight is 313 g/mol. The van der Waals surface area contributed by atoms with Crippen LogP contribution in [0.2, 0.25) is 0 Å². The van der Waals surface area contributed by atoms with Crippen LogP contribution in [0.15, 0.2) is 0 Å². The Morgan fingerprint density at radius 3 is 2.36 bits per heavy atom. The molecular formula is C9H20IN3O. The monoisotopic (exact) mass is 313 g/mol. The first-order valence-corrected chi connectivity index (χ1v) is 6.14. The van der Waals surface area contributed by atoms with Crippen LogP contribution in [0.5, 0.6) is 0 Å². The van der Waals surface area contributed by atoms with E-state index in [1.807, 2.05) is 0 Å². The minimum absolute atomic E-state index is 0.0538. The Labute approximate surface area is 100 Å². The van der Waals surface area contributed by atoms with Gasteiger partial charge in [-0.3, -0.25) is 8.32 Å². The molecule has 0 unspecified atom stereocenters. The normalized spacial score (nSPS) is 10.1. The highest BCUT2D eigenvalue weighted by atomic mass is 127. The van der Waals surface area contributed by atoms with Gasteiger partial charge in [0.15, 0.2) is 0 Å². The Hall–Kier alpha value is 0.120. The van der Waals surface area contributed by atoms with Crippen molar-refractivity contribution in [2.45, 2.75) is 26.2 Å². The van der Waals surface area contributed by atoms with Crippen LogP contribution in [0.1, 0.15) is 26.2 Å². The van der Waals surface area contributed by atoms with E-state index in [2.05, 4.69) is 37.0 Å². The first-order chi connectivity index (χ1) is 6.77. The van der Waals surface area contributed by atoms with Crippen molar-refractivity contribution >= 4 is 28.8 Å². The molecule has 0 spiro atoms. The summed E-state index contributed by atoms with van der Waals surface area (Å²) in [5.74, 6) is 0.0538. The van der Waals surface area contributed by atoms with Crippen LogP contribution < -0.4 is 14.2 Å². The fourth-order valence-corrected chi connectivity index (χ4v) is 1.43. The van der Waals surface area contributed by atoms with Crippen molar-refractivity contribution < 1.29 is 4.79 Å². The molecular weight excluding hydrogens is 293 g/mol. The van der Waals surface area contributed by atoms with Gasteiger partial charge < -0.3 is 10.6 Å². The van der Waals surface area contributed by atoms with Crippen LogP contribution >= 0.6 is 22.9 Å². The van der Waals surface area contributed by atoms with Gasteiger partial charge in [-0.25, -0.2) is 0 Å². The lowest BCUT2D eigenvalue weighted by Crippen LogP contribution is -2.25. The summed E-state index contributed by atoms with van der Waals surface area (Å²) in [6.45, 7) is 5.45. The van der Waals surface area contributed by atoms with Gasteiger partial charge in [0.1, 0.15) is 0 Å². The van der Waals surface area contributed by atoms with E-state index in [1.165, 1.54) is 12.8 Å². The van der Waals surface area contributed by atoms with Crippen molar-refractivity contribution in [2.24, 2.45) is 0 Å². The third-order valence-corrected chi connectivity index (χ3v) is 2.32. The Morgan fingerprint density at radius 2 is 1.71 bits per heavy atom. The fourth-order valence-electron chi connectivity index (χ4n) is 1.04. The molecule has 0 aliphatic heterocycles. The number of carbonyl (C=O) groups is 1. The Morgan fingerprint density at radius 1 is 1.07 bits per heavy atom. The van der Waals surface area contributed by atoms with Crippen LogP contribution in [0.3, 0.4) is 0 Å². The van der Waals surface area contributed by atoms with Crippen LogP contribution in [-0.2, 0) is 4.79 Å². The molecule has 0 radical (unpaired) electrons. The minimum atomic E-state index is 0.0538. The van der Waals surface area contributed by atoms with E-state index < -0.39 is 0 Å². The van der Waals surface area contributed by atoms with E-state index in [9.17, 15) is 4.79 Å². The summed E-state index contributed by atoms with van der Waals surface area (Å²) in [6.07, 6.45) is 3.42. The van der Waals surface area contributed by atoms with E-state index in [4.69, 9.17) is 0 Å². The van der Waals surface area contributed by atoms with Crippen molar-refractivity contribution in [3.8, 4) is 0 Å². The summed E-state index contributed by atoms with van der Waals surface area (Å²) < 4.78 is 3.09. The number of rotatable bonds is 9. The number of hydrogen-bond acceptors (Lipinski definition) is 3. The molecule has 3 N–H and O–H groups in total. The summed E-state index contributed by atoms with van der Waals surface area (Å²) in [5.41, 5.74) is 0. The number of halogens is 1. The molecule has 5 heteroatoms. The van der Waals surface area contributed by atoms with Gasteiger partial charge in [-0.1, -0.05) is 0 Å². The van der Waals surface area contributed by atoms with Crippen LogP contribution in [0.25, 0.3) is 0 Å². The predicted octanol–water partition coefficient (Wildman–Crippen LogP) is 0.822. The summed E-state index contributed by atoms with van der Waals surface area (Å²) >= 11 is 2.16. The molecule has 4 nitrogen and oxygen atoms in total.